The first kappa shape index (κ1) is 18.9. The lowest BCUT2D eigenvalue weighted by Crippen LogP contribution is -2.44. The van der Waals surface area contributed by atoms with Gasteiger partial charge in [0.25, 0.3) is 5.91 Å². The average Bonchev–Trinajstić information content (AvgIpc) is 2.58. The molecule has 1 heterocycles. The molecule has 0 aliphatic heterocycles. The van der Waals surface area contributed by atoms with Gasteiger partial charge in [-0.05, 0) is 31.7 Å². The Morgan fingerprint density at radius 2 is 2.04 bits per heavy atom. The number of carbonyl (C=O) groups excluding carboxylic acids is 1. The molecule has 1 aliphatic rings. The highest BCUT2D eigenvalue weighted by atomic mass is 35.5. The summed E-state index contributed by atoms with van der Waals surface area (Å²) in [6.45, 7) is -0.410. The van der Waals surface area contributed by atoms with Crippen LogP contribution in [-0.2, 0) is 0 Å². The summed E-state index contributed by atoms with van der Waals surface area (Å²) in [5, 5.41) is 3.40. The molecule has 1 aromatic rings. The van der Waals surface area contributed by atoms with Crippen molar-refractivity contribution in [2.75, 3.05) is 31.3 Å². The minimum absolute atomic E-state index is 0.0840. The number of amides is 1. The second kappa shape index (κ2) is 9.13. The van der Waals surface area contributed by atoms with Gasteiger partial charge in [-0.3, -0.25) is 4.79 Å². The van der Waals surface area contributed by atoms with E-state index in [1.165, 1.54) is 6.20 Å². The van der Waals surface area contributed by atoms with Crippen LogP contribution in [0, 0.1) is 0 Å². The Kier molecular flexibility index (Phi) is 7.17. The molecule has 8 heteroatoms. The summed E-state index contributed by atoms with van der Waals surface area (Å²) in [5.41, 5.74) is 6.19. The first-order valence-electron chi connectivity index (χ1n) is 8.14. The van der Waals surface area contributed by atoms with Gasteiger partial charge >= 0.3 is 0 Å². The first-order valence-corrected chi connectivity index (χ1v) is 8.52. The molecule has 24 heavy (non-hydrogen) atoms. The minimum Gasteiger partial charge on any atom is -0.365 e. The monoisotopic (exact) mass is 360 g/mol. The predicted molar refractivity (Wildman–Crippen MR) is 91.1 cm³/mol. The van der Waals surface area contributed by atoms with Gasteiger partial charge in [0.15, 0.2) is 0 Å². The van der Waals surface area contributed by atoms with Crippen molar-refractivity contribution in [3.8, 4) is 0 Å². The Morgan fingerprint density at radius 1 is 1.33 bits per heavy atom. The first-order chi connectivity index (χ1) is 11.6. The lowest BCUT2D eigenvalue weighted by Gasteiger charge is -2.38. The Balaban J connectivity index is 2.16. The summed E-state index contributed by atoms with van der Waals surface area (Å²) in [6.07, 6.45) is 4.72. The van der Waals surface area contributed by atoms with Crippen molar-refractivity contribution in [1.29, 1.82) is 0 Å². The highest BCUT2D eigenvalue weighted by Crippen LogP contribution is 2.31. The molecule has 0 aromatic carbocycles. The fourth-order valence-electron chi connectivity index (χ4n) is 3.29. The van der Waals surface area contributed by atoms with Crippen LogP contribution in [-0.4, -0.2) is 49.4 Å². The molecule has 0 radical (unpaired) electrons. The lowest BCUT2D eigenvalue weighted by molar-refractivity contribution is 0.1000. The van der Waals surface area contributed by atoms with E-state index in [1.54, 1.807) is 6.07 Å². The molecule has 0 unspecified atom stereocenters. The number of hydrogen-bond acceptors (Lipinski definition) is 4. The Labute approximate surface area is 145 Å². The van der Waals surface area contributed by atoms with Gasteiger partial charge in [-0.1, -0.05) is 11.6 Å². The Morgan fingerprint density at radius 3 is 2.62 bits per heavy atom. The number of pyridine rings is 1. The smallest absolute Gasteiger partial charge is 0.252 e. The maximum atomic E-state index is 13.1. The highest BCUT2D eigenvalue weighted by Gasteiger charge is 2.28. The van der Waals surface area contributed by atoms with E-state index in [0.29, 0.717) is 12.2 Å². The standard InChI is InChI=1S/C16H23ClF2N4O/c17-15-9-14(13(10-22-15)16(20)24)23(8-6-19)12-3-1-11(2-4-12)21-7-5-18/h9-12,21H,1-8H2,(H2,20,24). The fourth-order valence-corrected chi connectivity index (χ4v) is 3.44. The van der Waals surface area contributed by atoms with Crippen molar-refractivity contribution in [2.45, 2.75) is 37.8 Å². The van der Waals surface area contributed by atoms with Crippen LogP contribution >= 0.6 is 11.6 Å². The summed E-state index contributed by atoms with van der Waals surface area (Å²) < 4.78 is 25.4. The minimum atomic E-state index is -0.615. The number of anilines is 1. The number of halogens is 3. The molecule has 0 atom stereocenters. The molecule has 3 N–H and O–H groups in total. The predicted octanol–water partition coefficient (Wildman–Crippen LogP) is 2.48. The number of nitrogens with two attached hydrogens (primary N) is 1. The van der Waals surface area contributed by atoms with Crippen molar-refractivity contribution in [2.24, 2.45) is 5.73 Å². The summed E-state index contributed by atoms with van der Waals surface area (Å²) >= 11 is 5.96. The average molecular weight is 361 g/mol. The maximum absolute atomic E-state index is 13.1. The number of carbonyl (C=O) groups is 1. The number of alkyl halides is 2. The quantitative estimate of drug-likeness (QED) is 0.699. The summed E-state index contributed by atoms with van der Waals surface area (Å²) in [7, 11) is 0. The van der Waals surface area contributed by atoms with Gasteiger partial charge in [0.2, 0.25) is 0 Å². The molecule has 1 aliphatic carbocycles. The van der Waals surface area contributed by atoms with Crippen LogP contribution < -0.4 is 16.0 Å². The van der Waals surface area contributed by atoms with E-state index < -0.39 is 12.6 Å². The van der Waals surface area contributed by atoms with Gasteiger partial charge < -0.3 is 16.0 Å². The van der Waals surface area contributed by atoms with Crippen LogP contribution in [0.25, 0.3) is 0 Å². The lowest BCUT2D eigenvalue weighted by atomic mass is 9.89. The zero-order valence-electron chi connectivity index (χ0n) is 13.5. The van der Waals surface area contributed by atoms with Gasteiger partial charge in [-0.25, -0.2) is 13.8 Å². The second-order valence-electron chi connectivity index (χ2n) is 5.92. The normalized spacial score (nSPS) is 20.8. The number of hydrogen-bond donors (Lipinski definition) is 2. The van der Waals surface area contributed by atoms with E-state index in [1.807, 2.05) is 4.90 Å². The van der Waals surface area contributed by atoms with E-state index in [9.17, 15) is 13.6 Å². The topological polar surface area (TPSA) is 71.2 Å². The fraction of sp³-hybridized carbons (Fsp3) is 0.625. The third kappa shape index (κ3) is 4.77. The molecule has 5 nitrogen and oxygen atoms in total. The van der Waals surface area contributed by atoms with Crippen molar-refractivity contribution >= 4 is 23.2 Å². The van der Waals surface area contributed by atoms with E-state index in [-0.39, 0.29) is 36.0 Å². The molecule has 134 valence electrons. The second-order valence-corrected chi connectivity index (χ2v) is 6.31. The summed E-state index contributed by atoms with van der Waals surface area (Å²) in [6, 6.07) is 1.92. The summed E-state index contributed by atoms with van der Waals surface area (Å²) in [4.78, 5) is 17.4. The van der Waals surface area contributed by atoms with E-state index in [4.69, 9.17) is 17.3 Å². The molecule has 1 amide bonds. The SMILES string of the molecule is NC(=O)c1cnc(Cl)cc1N(CCF)C1CCC(NCCF)CC1. The van der Waals surface area contributed by atoms with E-state index in [0.717, 1.165) is 25.7 Å². The molecule has 0 spiro atoms. The van der Waals surface area contributed by atoms with Gasteiger partial charge in [0, 0.05) is 31.4 Å². The van der Waals surface area contributed by atoms with E-state index in [2.05, 4.69) is 10.3 Å². The molecule has 1 aromatic heterocycles. The molecule has 1 saturated carbocycles. The van der Waals surface area contributed by atoms with Crippen LogP contribution in [0.4, 0.5) is 14.5 Å². The van der Waals surface area contributed by atoms with Crippen molar-refractivity contribution in [3.63, 3.8) is 0 Å². The summed E-state index contributed by atoms with van der Waals surface area (Å²) in [5.74, 6) is -0.615. The number of primary amides is 1. The largest absolute Gasteiger partial charge is 0.365 e. The third-order valence-corrected chi connectivity index (χ3v) is 4.62. The van der Waals surface area contributed by atoms with Gasteiger partial charge in [-0.15, -0.1) is 0 Å². The van der Waals surface area contributed by atoms with Crippen molar-refractivity contribution in [3.05, 3.63) is 23.0 Å². The van der Waals surface area contributed by atoms with Crippen molar-refractivity contribution in [1.82, 2.24) is 10.3 Å². The van der Waals surface area contributed by atoms with Crippen LogP contribution in [0.3, 0.4) is 0 Å². The highest BCUT2D eigenvalue weighted by molar-refractivity contribution is 6.29. The molecular weight excluding hydrogens is 338 g/mol. The molecule has 2 rings (SSSR count). The number of nitrogens with zero attached hydrogens (tertiary/aromatic N) is 2. The van der Waals surface area contributed by atoms with Gasteiger partial charge in [0.1, 0.15) is 18.5 Å². The molecule has 0 saturated heterocycles. The van der Waals surface area contributed by atoms with Crippen LogP contribution in [0.15, 0.2) is 12.3 Å². The maximum Gasteiger partial charge on any atom is 0.252 e. The number of aromatic nitrogens is 1. The number of nitrogens with one attached hydrogen (secondary N) is 1. The zero-order valence-corrected chi connectivity index (χ0v) is 14.2. The van der Waals surface area contributed by atoms with Crippen molar-refractivity contribution < 1.29 is 13.6 Å². The molecular formula is C16H23ClF2N4O. The zero-order chi connectivity index (χ0) is 17.5. The molecule has 0 bridgehead atoms. The van der Waals surface area contributed by atoms with Gasteiger partial charge in [0.05, 0.1) is 11.3 Å². The Hall–Kier alpha value is -1.47. The number of rotatable bonds is 8. The van der Waals surface area contributed by atoms with Crippen LogP contribution in [0.5, 0.6) is 0 Å². The third-order valence-electron chi connectivity index (χ3n) is 4.41. The Bertz CT molecular complexity index is 553. The van der Waals surface area contributed by atoms with Gasteiger partial charge in [-0.2, -0.15) is 0 Å². The molecule has 1 fully saturated rings. The van der Waals surface area contributed by atoms with E-state index >= 15 is 0 Å². The van der Waals surface area contributed by atoms with Crippen LogP contribution in [0.1, 0.15) is 36.0 Å². The van der Waals surface area contributed by atoms with Crippen LogP contribution in [0.2, 0.25) is 5.15 Å².